The number of pyridine rings is 3. The highest BCUT2D eigenvalue weighted by Crippen LogP contribution is 2.35. The number of para-hydroxylation sites is 2. The van der Waals surface area contributed by atoms with E-state index in [9.17, 15) is 0 Å². The van der Waals surface area contributed by atoms with Crippen LogP contribution < -0.4 is 0 Å². The van der Waals surface area contributed by atoms with Gasteiger partial charge in [0.15, 0.2) is 0 Å². The summed E-state index contributed by atoms with van der Waals surface area (Å²) < 4.78 is 4.57. The maximum atomic E-state index is 5.25. The van der Waals surface area contributed by atoms with Gasteiger partial charge in [0.1, 0.15) is 0 Å². The number of nitrogens with zero attached hydrogens (tertiary/aromatic N) is 5. The lowest BCUT2D eigenvalue weighted by Gasteiger charge is -2.13. The highest BCUT2D eigenvalue weighted by Gasteiger charge is 2.15. The number of fused-ring (bicyclic) bond motifs is 6. The first-order valence-corrected chi connectivity index (χ1v) is 16.8. The van der Waals surface area contributed by atoms with Crippen LogP contribution in [0.15, 0.2) is 176 Å². The van der Waals surface area contributed by atoms with Gasteiger partial charge in [0.25, 0.3) is 0 Å². The third kappa shape index (κ3) is 4.52. The Morgan fingerprint density at radius 2 is 0.780 bits per heavy atom. The topological polar surface area (TPSA) is 48.5 Å². The number of aromatic nitrogens is 5. The summed E-state index contributed by atoms with van der Waals surface area (Å²) in [5, 5.41) is 4.83. The molecule has 5 aromatic carbocycles. The van der Waals surface area contributed by atoms with E-state index in [1.54, 1.807) is 0 Å². The van der Waals surface area contributed by atoms with Gasteiger partial charge in [0.2, 0.25) is 0 Å². The van der Waals surface area contributed by atoms with Crippen molar-refractivity contribution in [2.45, 2.75) is 0 Å². The number of benzene rings is 5. The highest BCUT2D eigenvalue weighted by atomic mass is 15.0. The van der Waals surface area contributed by atoms with Crippen molar-refractivity contribution >= 4 is 43.6 Å². The minimum atomic E-state index is 0.925. The molecular formula is C45H29N5. The van der Waals surface area contributed by atoms with Crippen LogP contribution in [0.4, 0.5) is 0 Å². The van der Waals surface area contributed by atoms with Gasteiger partial charge in [-0.1, -0.05) is 91.0 Å². The van der Waals surface area contributed by atoms with Gasteiger partial charge in [0.05, 0.1) is 45.8 Å². The van der Waals surface area contributed by atoms with Crippen LogP contribution in [0, 0.1) is 0 Å². The van der Waals surface area contributed by atoms with Crippen LogP contribution in [0.5, 0.6) is 0 Å². The van der Waals surface area contributed by atoms with E-state index in [1.165, 1.54) is 21.5 Å². The van der Waals surface area contributed by atoms with Crippen LogP contribution in [-0.2, 0) is 0 Å². The lowest BCUT2D eigenvalue weighted by molar-refractivity contribution is 1.16. The maximum Gasteiger partial charge on any atom is 0.0724 e. The average Bonchev–Trinajstić information content (AvgIpc) is 3.71. The molecule has 50 heavy (non-hydrogen) atoms. The Kier molecular flexibility index (Phi) is 6.42. The monoisotopic (exact) mass is 639 g/mol. The molecule has 0 atom stereocenters. The van der Waals surface area contributed by atoms with Crippen molar-refractivity contribution in [1.29, 1.82) is 0 Å². The molecule has 0 spiro atoms. The molecule has 0 radical (unpaired) electrons. The van der Waals surface area contributed by atoms with Gasteiger partial charge in [-0.05, 0) is 71.8 Å². The summed E-state index contributed by atoms with van der Waals surface area (Å²) in [6.45, 7) is 0. The van der Waals surface area contributed by atoms with Crippen molar-refractivity contribution in [3.63, 3.8) is 0 Å². The van der Waals surface area contributed by atoms with Crippen LogP contribution >= 0.6 is 0 Å². The number of hydrogen-bond acceptors (Lipinski definition) is 3. The molecule has 0 aliphatic carbocycles. The van der Waals surface area contributed by atoms with Gasteiger partial charge in [0, 0.05) is 56.4 Å². The fourth-order valence-electron chi connectivity index (χ4n) is 7.38. The highest BCUT2D eigenvalue weighted by molar-refractivity contribution is 6.09. The zero-order valence-corrected chi connectivity index (χ0v) is 27.0. The third-order valence-electron chi connectivity index (χ3n) is 9.73. The van der Waals surface area contributed by atoms with Crippen LogP contribution in [0.2, 0.25) is 0 Å². The summed E-state index contributed by atoms with van der Waals surface area (Å²) in [4.78, 5) is 14.1. The van der Waals surface area contributed by atoms with Gasteiger partial charge in [-0.3, -0.25) is 9.97 Å². The molecule has 0 amide bonds. The van der Waals surface area contributed by atoms with Crippen molar-refractivity contribution in [3.05, 3.63) is 176 Å². The fraction of sp³-hybridized carbons (Fsp3) is 0. The van der Waals surface area contributed by atoms with Crippen molar-refractivity contribution in [2.24, 2.45) is 0 Å². The predicted octanol–water partition coefficient (Wildman–Crippen LogP) is 11.1. The van der Waals surface area contributed by atoms with E-state index in [2.05, 4.69) is 171 Å². The van der Waals surface area contributed by atoms with E-state index in [1.807, 2.05) is 24.8 Å². The fourth-order valence-corrected chi connectivity index (χ4v) is 7.38. The molecule has 0 aliphatic heterocycles. The molecule has 0 bridgehead atoms. The van der Waals surface area contributed by atoms with Crippen LogP contribution in [0.1, 0.15) is 0 Å². The normalized spacial score (nSPS) is 11.6. The molecule has 5 aromatic heterocycles. The van der Waals surface area contributed by atoms with Gasteiger partial charge >= 0.3 is 0 Å². The van der Waals surface area contributed by atoms with Gasteiger partial charge in [-0.25, -0.2) is 4.98 Å². The lowest BCUT2D eigenvalue weighted by Crippen LogP contribution is -1.96. The smallest absolute Gasteiger partial charge is 0.0724 e. The molecule has 5 heteroatoms. The quantitative estimate of drug-likeness (QED) is 0.188. The summed E-state index contributed by atoms with van der Waals surface area (Å²) >= 11 is 0. The number of hydrogen-bond donors (Lipinski definition) is 0. The zero-order valence-electron chi connectivity index (χ0n) is 27.0. The Morgan fingerprint density at radius 3 is 1.28 bits per heavy atom. The molecule has 234 valence electrons. The van der Waals surface area contributed by atoms with E-state index in [-0.39, 0.29) is 0 Å². The Morgan fingerprint density at radius 1 is 0.340 bits per heavy atom. The molecule has 0 N–H and O–H groups in total. The second-order valence-corrected chi connectivity index (χ2v) is 12.6. The SMILES string of the molecule is c1ccc(-c2cc(-c3ccc(-n4c5ccccc5c5ccncc54)cc3)nc(-c3ccc(-n4c5ccccc5c5ccncc54)cc3)c2)cc1. The van der Waals surface area contributed by atoms with Gasteiger partial charge in [-0.15, -0.1) is 0 Å². The van der Waals surface area contributed by atoms with Crippen molar-refractivity contribution in [2.75, 3.05) is 0 Å². The Balaban J connectivity index is 1.07. The van der Waals surface area contributed by atoms with Crippen molar-refractivity contribution in [1.82, 2.24) is 24.1 Å². The van der Waals surface area contributed by atoms with Crippen molar-refractivity contribution < 1.29 is 0 Å². The van der Waals surface area contributed by atoms with E-state index in [0.717, 1.165) is 67.1 Å². The first kappa shape index (κ1) is 28.2. The predicted molar refractivity (Wildman–Crippen MR) is 205 cm³/mol. The van der Waals surface area contributed by atoms with E-state index < -0.39 is 0 Å². The summed E-state index contributed by atoms with van der Waals surface area (Å²) in [6.07, 6.45) is 7.62. The van der Waals surface area contributed by atoms with E-state index in [4.69, 9.17) is 4.98 Å². The largest absolute Gasteiger partial charge is 0.308 e. The summed E-state index contributed by atoms with van der Waals surface area (Å²) in [5.41, 5.74) is 12.9. The minimum Gasteiger partial charge on any atom is -0.308 e. The standard InChI is InChI=1S/C45H29N5/c1-2-8-30(9-3-1)33-26-40(31-14-18-34(19-15-31)49-42-12-6-4-10-36(42)38-22-24-46-28-44(38)49)48-41(27-33)32-16-20-35(21-17-32)50-43-13-7-5-11-37(43)39-23-25-47-29-45(39)50/h1-29H. The molecule has 5 nitrogen and oxygen atoms in total. The molecule has 5 heterocycles. The zero-order chi connectivity index (χ0) is 33.0. The van der Waals surface area contributed by atoms with Crippen LogP contribution in [0.3, 0.4) is 0 Å². The second kappa shape index (κ2) is 11.4. The van der Waals surface area contributed by atoms with Crippen molar-refractivity contribution in [3.8, 4) is 45.0 Å². The Hall–Kier alpha value is -6.85. The maximum absolute atomic E-state index is 5.25. The molecule has 0 aliphatic rings. The van der Waals surface area contributed by atoms with Gasteiger partial charge < -0.3 is 9.13 Å². The Bertz CT molecular complexity index is 2560. The average molecular weight is 640 g/mol. The molecule has 0 fully saturated rings. The van der Waals surface area contributed by atoms with E-state index >= 15 is 0 Å². The number of rotatable bonds is 5. The Labute approximate surface area is 288 Å². The first-order chi connectivity index (χ1) is 24.8. The summed E-state index contributed by atoms with van der Waals surface area (Å²) in [7, 11) is 0. The molecule has 0 saturated heterocycles. The summed E-state index contributed by atoms with van der Waals surface area (Å²) in [5.74, 6) is 0. The van der Waals surface area contributed by atoms with Crippen LogP contribution in [0.25, 0.3) is 88.6 Å². The molecule has 10 aromatic rings. The van der Waals surface area contributed by atoms with Crippen LogP contribution in [-0.4, -0.2) is 24.1 Å². The molecular weight excluding hydrogens is 611 g/mol. The first-order valence-electron chi connectivity index (χ1n) is 16.8. The third-order valence-corrected chi connectivity index (χ3v) is 9.73. The van der Waals surface area contributed by atoms with Gasteiger partial charge in [-0.2, -0.15) is 0 Å². The lowest BCUT2D eigenvalue weighted by atomic mass is 10.00. The molecule has 0 saturated carbocycles. The van der Waals surface area contributed by atoms with E-state index in [0.29, 0.717) is 0 Å². The minimum absolute atomic E-state index is 0.925. The summed E-state index contributed by atoms with van der Waals surface area (Å²) in [6, 6.07) is 53.6. The molecule has 0 unspecified atom stereocenters. The molecule has 10 rings (SSSR count). The second-order valence-electron chi connectivity index (χ2n) is 12.6.